The van der Waals surface area contributed by atoms with E-state index in [2.05, 4.69) is 27.7 Å². The molecule has 1 nitrogen and oxygen atoms in total. The second-order valence-electron chi connectivity index (χ2n) is 14.8. The van der Waals surface area contributed by atoms with Gasteiger partial charge >= 0.3 is 0 Å². The number of rotatable bonds is 38. The minimum atomic E-state index is 0. The molecule has 0 saturated carbocycles. The van der Waals surface area contributed by atoms with Crippen molar-refractivity contribution in [1.29, 1.82) is 0 Å². The van der Waals surface area contributed by atoms with Gasteiger partial charge in [0, 0.05) is 0 Å². The van der Waals surface area contributed by atoms with Crippen molar-refractivity contribution < 1.29 is 21.5 Å². The molecule has 0 saturated heterocycles. The molecule has 0 spiro atoms. The van der Waals surface area contributed by atoms with E-state index in [1.54, 1.807) is 0 Å². The quantitative estimate of drug-likeness (QED) is 0.0448. The third-order valence-corrected chi connectivity index (χ3v) is 10.4. The van der Waals surface area contributed by atoms with Gasteiger partial charge in [-0.05, 0) is 38.5 Å². The fraction of sp³-hybridized carbons (Fsp3) is 1.00. The summed E-state index contributed by atoms with van der Waals surface area (Å²) in [6, 6.07) is 0. The van der Waals surface area contributed by atoms with E-state index in [-0.39, 0.29) is 17.0 Å². The van der Waals surface area contributed by atoms with Crippen molar-refractivity contribution in [3.05, 3.63) is 0 Å². The van der Waals surface area contributed by atoms with Crippen LogP contribution in [0.25, 0.3) is 0 Å². The molecule has 0 heterocycles. The lowest BCUT2D eigenvalue weighted by molar-refractivity contribution is -0.928. The zero-order valence-electron chi connectivity index (χ0n) is 31.7. The maximum absolute atomic E-state index is 2.42. The van der Waals surface area contributed by atoms with E-state index in [1.807, 2.05) is 0 Å². The molecule has 0 aliphatic rings. The van der Waals surface area contributed by atoms with Crippen LogP contribution in [0.4, 0.5) is 0 Å². The highest BCUT2D eigenvalue weighted by molar-refractivity contribution is 4.54. The lowest BCUT2D eigenvalue weighted by Crippen LogP contribution is -3.00. The van der Waals surface area contributed by atoms with Gasteiger partial charge in [0.2, 0.25) is 0 Å². The van der Waals surface area contributed by atoms with Crippen LogP contribution in [-0.2, 0) is 0 Å². The number of quaternary nitrogens is 1. The van der Waals surface area contributed by atoms with E-state index in [9.17, 15) is 0 Å². The summed E-state index contributed by atoms with van der Waals surface area (Å²) in [6.07, 6.45) is 49.8. The molecule has 0 N–H and O–H groups in total. The Labute approximate surface area is 292 Å². The van der Waals surface area contributed by atoms with Gasteiger partial charge in [0.1, 0.15) is 0 Å². The third-order valence-electron chi connectivity index (χ3n) is 10.4. The Bertz CT molecular complexity index is 448. The lowest BCUT2D eigenvalue weighted by atomic mass is 10.0. The van der Waals surface area contributed by atoms with Gasteiger partial charge in [-0.15, -0.1) is 0 Å². The maximum atomic E-state index is 2.42. The van der Waals surface area contributed by atoms with Gasteiger partial charge in [-0.1, -0.05) is 207 Å². The first-order valence-corrected chi connectivity index (χ1v) is 21.1. The number of hydrogen-bond acceptors (Lipinski definition) is 0. The zero-order valence-corrected chi connectivity index (χ0v) is 33.3. The van der Waals surface area contributed by atoms with Gasteiger partial charge in [-0.25, -0.2) is 0 Å². The van der Waals surface area contributed by atoms with E-state index < -0.39 is 0 Å². The Morgan fingerprint density at radius 2 is 0.386 bits per heavy atom. The van der Waals surface area contributed by atoms with Crippen LogP contribution >= 0.6 is 0 Å². The predicted molar refractivity (Wildman–Crippen MR) is 199 cm³/mol. The molecule has 0 fully saturated rings. The first kappa shape index (κ1) is 46.6. The molecular formula is C42H88BrN. The summed E-state index contributed by atoms with van der Waals surface area (Å²) in [5.41, 5.74) is 0. The summed E-state index contributed by atoms with van der Waals surface area (Å²) < 4.78 is 1.43. The molecule has 0 bridgehead atoms. The van der Waals surface area contributed by atoms with Crippen molar-refractivity contribution in [1.82, 2.24) is 0 Å². The van der Waals surface area contributed by atoms with Gasteiger partial charge in [0.25, 0.3) is 0 Å². The van der Waals surface area contributed by atoms with Crippen LogP contribution in [0.1, 0.15) is 246 Å². The van der Waals surface area contributed by atoms with Crippen LogP contribution in [0.5, 0.6) is 0 Å². The maximum Gasteiger partial charge on any atom is 0.0786 e. The van der Waals surface area contributed by atoms with Gasteiger partial charge in [0.15, 0.2) is 0 Å². The van der Waals surface area contributed by atoms with Crippen LogP contribution in [0.2, 0.25) is 0 Å². The third kappa shape index (κ3) is 33.8. The molecule has 0 aliphatic heterocycles. The molecule has 0 amide bonds. The van der Waals surface area contributed by atoms with Crippen LogP contribution in [-0.4, -0.2) is 30.7 Å². The molecule has 268 valence electrons. The van der Waals surface area contributed by atoms with Crippen LogP contribution in [0, 0.1) is 0 Å². The highest BCUT2D eigenvalue weighted by Gasteiger charge is 2.24. The first-order chi connectivity index (χ1) is 21.2. The number of unbranched alkanes of at least 4 members (excludes halogenated alkanes) is 30. The molecular weight excluding hydrogens is 598 g/mol. The SMILES string of the molecule is CCCCCCCCCCCCCCCCCC[N+](CCC)(CCC)CCCCCCCCCCCCCCCCCC.[Br-]. The van der Waals surface area contributed by atoms with Crippen LogP contribution in [0.3, 0.4) is 0 Å². The van der Waals surface area contributed by atoms with Gasteiger partial charge < -0.3 is 21.5 Å². The standard InChI is InChI=1S/C42H88N.BrH/c1-5-9-11-13-15-17-19-21-23-25-27-29-31-33-35-37-41-43(39-7-3,40-8-4)42-38-36-34-32-30-28-26-24-22-20-18-16-14-12-10-6-2;/h5-42H2,1-4H3;1H/q+1;/p-1. The van der Waals surface area contributed by atoms with Crippen molar-refractivity contribution in [2.75, 3.05) is 26.2 Å². The van der Waals surface area contributed by atoms with E-state index in [0.29, 0.717) is 0 Å². The molecule has 2 heteroatoms. The second-order valence-corrected chi connectivity index (χ2v) is 14.8. The Kier molecular flexibility index (Phi) is 41.9. The molecule has 0 unspecified atom stereocenters. The average Bonchev–Trinajstić information content (AvgIpc) is 3.01. The number of nitrogens with zero attached hydrogens (tertiary/aromatic N) is 1. The van der Waals surface area contributed by atoms with Crippen molar-refractivity contribution in [2.45, 2.75) is 246 Å². The topological polar surface area (TPSA) is 0 Å². The Balaban J connectivity index is 0. The summed E-state index contributed by atoms with van der Waals surface area (Å²) in [5.74, 6) is 0. The van der Waals surface area contributed by atoms with E-state index in [1.165, 1.54) is 249 Å². The normalized spacial score (nSPS) is 11.7. The van der Waals surface area contributed by atoms with Crippen molar-refractivity contribution in [2.24, 2.45) is 0 Å². The molecule has 0 atom stereocenters. The lowest BCUT2D eigenvalue weighted by Gasteiger charge is -2.39. The number of halogens is 1. The Hall–Kier alpha value is 0.440. The highest BCUT2D eigenvalue weighted by Crippen LogP contribution is 2.19. The summed E-state index contributed by atoms with van der Waals surface area (Å²) >= 11 is 0. The highest BCUT2D eigenvalue weighted by atomic mass is 79.9. The molecule has 44 heavy (non-hydrogen) atoms. The van der Waals surface area contributed by atoms with Crippen LogP contribution in [0.15, 0.2) is 0 Å². The van der Waals surface area contributed by atoms with Gasteiger partial charge in [0.05, 0.1) is 26.2 Å². The van der Waals surface area contributed by atoms with E-state index in [4.69, 9.17) is 0 Å². The first-order valence-electron chi connectivity index (χ1n) is 21.1. The molecule has 0 aliphatic carbocycles. The Morgan fingerprint density at radius 1 is 0.205 bits per heavy atom. The van der Waals surface area contributed by atoms with Crippen molar-refractivity contribution in [3.63, 3.8) is 0 Å². The number of hydrogen-bond donors (Lipinski definition) is 0. The van der Waals surface area contributed by atoms with Crippen molar-refractivity contribution in [3.8, 4) is 0 Å². The fourth-order valence-corrected chi connectivity index (χ4v) is 7.61. The minimum absolute atomic E-state index is 0. The minimum Gasteiger partial charge on any atom is -1.00 e. The molecule has 0 rings (SSSR count). The fourth-order valence-electron chi connectivity index (χ4n) is 7.61. The summed E-state index contributed by atoms with van der Waals surface area (Å²) in [7, 11) is 0. The molecule has 0 aromatic rings. The smallest absolute Gasteiger partial charge is 0.0786 e. The van der Waals surface area contributed by atoms with Gasteiger partial charge in [-0.2, -0.15) is 0 Å². The summed E-state index contributed by atoms with van der Waals surface area (Å²) in [6.45, 7) is 15.2. The molecule has 0 radical (unpaired) electrons. The zero-order chi connectivity index (χ0) is 31.4. The Morgan fingerprint density at radius 3 is 0.568 bits per heavy atom. The molecule has 0 aromatic carbocycles. The van der Waals surface area contributed by atoms with Crippen molar-refractivity contribution >= 4 is 0 Å². The van der Waals surface area contributed by atoms with Gasteiger partial charge in [-0.3, -0.25) is 0 Å². The largest absolute Gasteiger partial charge is 1.00 e. The summed E-state index contributed by atoms with van der Waals surface area (Å²) in [5, 5.41) is 0. The average molecular weight is 687 g/mol. The van der Waals surface area contributed by atoms with E-state index >= 15 is 0 Å². The predicted octanol–water partition coefficient (Wildman–Crippen LogP) is 12.2. The monoisotopic (exact) mass is 686 g/mol. The van der Waals surface area contributed by atoms with E-state index in [0.717, 1.165) is 0 Å². The van der Waals surface area contributed by atoms with Crippen LogP contribution < -0.4 is 17.0 Å². The molecule has 0 aromatic heterocycles. The summed E-state index contributed by atoms with van der Waals surface area (Å²) in [4.78, 5) is 0. The second kappa shape index (κ2) is 39.6.